The lowest BCUT2D eigenvalue weighted by atomic mass is 10.1. The summed E-state index contributed by atoms with van der Waals surface area (Å²) in [6, 6.07) is 11.3. The number of nitrogens with zero attached hydrogens (tertiary/aromatic N) is 2. The van der Waals surface area contributed by atoms with Crippen molar-refractivity contribution in [2.24, 2.45) is 0 Å². The Balaban J connectivity index is 1.74. The van der Waals surface area contributed by atoms with Crippen LogP contribution in [0.15, 0.2) is 48.8 Å². The molecule has 1 aliphatic rings. The van der Waals surface area contributed by atoms with Crippen LogP contribution in [0.2, 0.25) is 0 Å². The van der Waals surface area contributed by atoms with Crippen molar-refractivity contribution in [1.29, 1.82) is 0 Å². The second-order valence-electron chi connectivity index (χ2n) is 6.43. The number of carbonyl (C=O) groups is 2. The van der Waals surface area contributed by atoms with Crippen LogP contribution in [0.3, 0.4) is 0 Å². The maximum absolute atomic E-state index is 13.0. The normalized spacial score (nSPS) is 16.2. The number of nitrogens with one attached hydrogen (secondary N) is 1. The van der Waals surface area contributed by atoms with E-state index in [1.165, 1.54) is 0 Å². The lowest BCUT2D eigenvalue weighted by Crippen LogP contribution is -2.42. The van der Waals surface area contributed by atoms with Crippen LogP contribution in [0.5, 0.6) is 5.75 Å². The van der Waals surface area contributed by atoms with E-state index in [9.17, 15) is 9.59 Å². The van der Waals surface area contributed by atoms with E-state index in [2.05, 4.69) is 10.3 Å². The van der Waals surface area contributed by atoms with Crippen LogP contribution in [0, 0.1) is 0 Å². The number of benzene rings is 1. The summed E-state index contributed by atoms with van der Waals surface area (Å²) in [7, 11) is 1.60. The predicted molar refractivity (Wildman–Crippen MR) is 97.5 cm³/mol. The van der Waals surface area contributed by atoms with Crippen molar-refractivity contribution in [3.05, 3.63) is 59.9 Å². The number of aromatic nitrogens is 1. The topological polar surface area (TPSA) is 71.5 Å². The molecule has 6 heteroatoms. The monoisotopic (exact) mass is 353 g/mol. The second-order valence-corrected chi connectivity index (χ2v) is 6.43. The van der Waals surface area contributed by atoms with E-state index >= 15 is 0 Å². The van der Waals surface area contributed by atoms with Crippen LogP contribution in [0.25, 0.3) is 0 Å². The van der Waals surface area contributed by atoms with E-state index < -0.39 is 0 Å². The number of rotatable bonds is 7. The second kappa shape index (κ2) is 8.47. The average molecular weight is 353 g/mol. The zero-order valence-electron chi connectivity index (χ0n) is 14.9. The molecule has 136 valence electrons. The van der Waals surface area contributed by atoms with Gasteiger partial charge in [0.2, 0.25) is 11.8 Å². The number of hydrogen-bond donors (Lipinski definition) is 1. The molecular formula is C20H23N3O3. The molecule has 0 bridgehead atoms. The molecule has 1 aromatic heterocycles. The first kappa shape index (κ1) is 17.9. The lowest BCUT2D eigenvalue weighted by Gasteiger charge is -2.26. The predicted octanol–water partition coefficient (Wildman–Crippen LogP) is 1.94. The zero-order valence-corrected chi connectivity index (χ0v) is 14.9. The minimum atomic E-state index is -0.000461. The van der Waals surface area contributed by atoms with Gasteiger partial charge in [0, 0.05) is 43.5 Å². The molecule has 0 radical (unpaired) electrons. The van der Waals surface area contributed by atoms with E-state index in [0.717, 1.165) is 17.5 Å². The summed E-state index contributed by atoms with van der Waals surface area (Å²) in [5, 5.41) is 2.94. The molecule has 1 aromatic carbocycles. The Hall–Kier alpha value is -2.89. The van der Waals surface area contributed by atoms with Gasteiger partial charge in [-0.05, 0) is 24.1 Å². The third-order valence-electron chi connectivity index (χ3n) is 4.51. The molecule has 0 spiro atoms. The fourth-order valence-electron chi connectivity index (χ4n) is 3.17. The Kier molecular flexibility index (Phi) is 5.84. The van der Waals surface area contributed by atoms with Crippen molar-refractivity contribution < 1.29 is 14.3 Å². The molecule has 1 fully saturated rings. The molecule has 1 aliphatic heterocycles. The Morgan fingerprint density at radius 2 is 2.15 bits per heavy atom. The van der Waals surface area contributed by atoms with Crippen molar-refractivity contribution in [3.63, 3.8) is 0 Å². The Morgan fingerprint density at radius 3 is 2.85 bits per heavy atom. The van der Waals surface area contributed by atoms with Gasteiger partial charge >= 0.3 is 0 Å². The quantitative estimate of drug-likeness (QED) is 0.826. The number of para-hydroxylation sites is 1. The first-order chi connectivity index (χ1) is 12.7. The van der Waals surface area contributed by atoms with Gasteiger partial charge in [0.05, 0.1) is 13.5 Å². The molecule has 0 saturated carbocycles. The van der Waals surface area contributed by atoms with Gasteiger partial charge in [0.1, 0.15) is 5.75 Å². The highest BCUT2D eigenvalue weighted by Gasteiger charge is 2.26. The summed E-state index contributed by atoms with van der Waals surface area (Å²) in [6.45, 7) is 0.961. The van der Waals surface area contributed by atoms with Gasteiger partial charge in [0.25, 0.3) is 0 Å². The van der Waals surface area contributed by atoms with Gasteiger partial charge < -0.3 is 15.0 Å². The Bertz CT molecular complexity index is 764. The van der Waals surface area contributed by atoms with Crippen molar-refractivity contribution in [2.45, 2.75) is 31.8 Å². The highest BCUT2D eigenvalue weighted by atomic mass is 16.5. The van der Waals surface area contributed by atoms with E-state index in [0.29, 0.717) is 25.3 Å². The van der Waals surface area contributed by atoms with Crippen LogP contribution in [-0.4, -0.2) is 41.4 Å². The smallest absolute Gasteiger partial charge is 0.227 e. The van der Waals surface area contributed by atoms with Crippen LogP contribution in [0.1, 0.15) is 24.0 Å². The standard InChI is InChI=1S/C20H23N3O3/c1-26-18-7-3-2-6-16(18)11-20(25)23(13-15-5-4-10-21-12-15)14-17-8-9-19(24)22-17/h2-7,10,12,17H,8-9,11,13-14H2,1H3,(H,22,24)/t17-/m0/s1. The fourth-order valence-corrected chi connectivity index (χ4v) is 3.17. The molecule has 0 aliphatic carbocycles. The van der Waals surface area contributed by atoms with Gasteiger partial charge in [-0.2, -0.15) is 0 Å². The first-order valence-electron chi connectivity index (χ1n) is 8.73. The number of pyridine rings is 1. The molecule has 6 nitrogen and oxygen atoms in total. The zero-order chi connectivity index (χ0) is 18.4. The van der Waals surface area contributed by atoms with Crippen LogP contribution < -0.4 is 10.1 Å². The van der Waals surface area contributed by atoms with Crippen molar-refractivity contribution in [3.8, 4) is 5.75 Å². The van der Waals surface area contributed by atoms with Crippen LogP contribution >= 0.6 is 0 Å². The van der Waals surface area contributed by atoms with Crippen molar-refractivity contribution >= 4 is 11.8 Å². The number of amides is 2. The van der Waals surface area contributed by atoms with Gasteiger partial charge in [0.15, 0.2) is 0 Å². The largest absolute Gasteiger partial charge is 0.496 e. The molecule has 1 atom stereocenters. The molecule has 1 saturated heterocycles. The number of hydrogen-bond acceptors (Lipinski definition) is 4. The molecule has 3 rings (SSSR count). The van der Waals surface area contributed by atoms with Gasteiger partial charge in [-0.1, -0.05) is 24.3 Å². The maximum Gasteiger partial charge on any atom is 0.227 e. The van der Waals surface area contributed by atoms with E-state index in [1.807, 2.05) is 36.4 Å². The summed E-state index contributed by atoms with van der Waals surface area (Å²) in [5.41, 5.74) is 1.82. The van der Waals surface area contributed by atoms with Crippen molar-refractivity contribution in [2.75, 3.05) is 13.7 Å². The summed E-state index contributed by atoms with van der Waals surface area (Å²) in [5.74, 6) is 0.754. The van der Waals surface area contributed by atoms with E-state index in [-0.39, 0.29) is 24.3 Å². The maximum atomic E-state index is 13.0. The molecule has 2 aromatic rings. The van der Waals surface area contributed by atoms with Gasteiger partial charge in [-0.25, -0.2) is 0 Å². The lowest BCUT2D eigenvalue weighted by molar-refractivity contribution is -0.131. The summed E-state index contributed by atoms with van der Waals surface area (Å²) in [6.07, 6.45) is 5.00. The third-order valence-corrected chi connectivity index (χ3v) is 4.51. The number of methoxy groups -OCH3 is 1. The van der Waals surface area contributed by atoms with Crippen molar-refractivity contribution in [1.82, 2.24) is 15.2 Å². The van der Waals surface area contributed by atoms with Crippen LogP contribution in [0.4, 0.5) is 0 Å². The third kappa shape index (κ3) is 4.59. The molecule has 2 heterocycles. The van der Waals surface area contributed by atoms with Gasteiger partial charge in [-0.3, -0.25) is 14.6 Å². The first-order valence-corrected chi connectivity index (χ1v) is 8.73. The SMILES string of the molecule is COc1ccccc1CC(=O)N(Cc1cccnc1)C[C@@H]1CCC(=O)N1. The Labute approximate surface area is 153 Å². The highest BCUT2D eigenvalue weighted by Crippen LogP contribution is 2.20. The van der Waals surface area contributed by atoms with E-state index in [1.54, 1.807) is 24.4 Å². The summed E-state index contributed by atoms with van der Waals surface area (Å²) >= 11 is 0. The number of carbonyl (C=O) groups excluding carboxylic acids is 2. The van der Waals surface area contributed by atoms with Crippen LogP contribution in [-0.2, 0) is 22.6 Å². The van der Waals surface area contributed by atoms with E-state index in [4.69, 9.17) is 4.74 Å². The number of ether oxygens (including phenoxy) is 1. The Morgan fingerprint density at radius 1 is 1.31 bits per heavy atom. The van der Waals surface area contributed by atoms with Gasteiger partial charge in [-0.15, -0.1) is 0 Å². The molecule has 26 heavy (non-hydrogen) atoms. The minimum Gasteiger partial charge on any atom is -0.496 e. The minimum absolute atomic E-state index is 0.000461. The molecular weight excluding hydrogens is 330 g/mol. The molecule has 2 amide bonds. The molecule has 0 unspecified atom stereocenters. The fraction of sp³-hybridized carbons (Fsp3) is 0.350. The highest BCUT2D eigenvalue weighted by molar-refractivity contribution is 5.80. The molecule has 1 N–H and O–H groups in total. The summed E-state index contributed by atoms with van der Waals surface area (Å²) < 4.78 is 5.35. The summed E-state index contributed by atoms with van der Waals surface area (Å²) in [4.78, 5) is 30.4. The average Bonchev–Trinajstić information content (AvgIpc) is 3.07.